The average Bonchev–Trinajstić information content (AvgIpc) is 2.58. The van der Waals surface area contributed by atoms with Gasteiger partial charge in [0.25, 0.3) is 0 Å². The Morgan fingerprint density at radius 2 is 1.93 bits per heavy atom. The highest BCUT2D eigenvalue weighted by Gasteiger charge is 2.15. The summed E-state index contributed by atoms with van der Waals surface area (Å²) in [5.41, 5.74) is 1.84. The van der Waals surface area contributed by atoms with E-state index in [0.29, 0.717) is 5.75 Å². The maximum atomic E-state index is 12.2. The second-order valence-electron chi connectivity index (χ2n) is 6.40. The minimum atomic E-state index is -3.55. The van der Waals surface area contributed by atoms with Crippen molar-refractivity contribution in [2.24, 2.45) is 0 Å². The number of thioether (sulfide) groups is 1. The van der Waals surface area contributed by atoms with E-state index < -0.39 is 10.0 Å². The smallest absolute Gasteiger partial charge is 0.240 e. The molecule has 0 bridgehead atoms. The molecule has 0 atom stereocenters. The van der Waals surface area contributed by atoms with Crippen molar-refractivity contribution in [2.75, 3.05) is 5.75 Å². The van der Waals surface area contributed by atoms with Crippen molar-refractivity contribution >= 4 is 43.6 Å². The number of amides is 1. The Kier molecular flexibility index (Phi) is 7.91. The number of aryl methyl sites for hydroxylation is 1. The van der Waals surface area contributed by atoms with Crippen LogP contribution in [0.2, 0.25) is 0 Å². The Hall–Kier alpha value is -1.35. The van der Waals surface area contributed by atoms with Gasteiger partial charge in [-0.15, -0.1) is 11.8 Å². The number of nitrogens with one attached hydrogen (secondary N) is 2. The average molecular weight is 471 g/mol. The summed E-state index contributed by atoms with van der Waals surface area (Å²) in [6.07, 6.45) is 0. The molecule has 8 heteroatoms. The Morgan fingerprint density at radius 3 is 2.59 bits per heavy atom. The maximum absolute atomic E-state index is 12.2. The molecule has 0 aromatic heterocycles. The normalized spacial score (nSPS) is 11.6. The van der Waals surface area contributed by atoms with E-state index in [-0.39, 0.29) is 23.4 Å². The highest BCUT2D eigenvalue weighted by Crippen LogP contribution is 2.25. The van der Waals surface area contributed by atoms with Crippen LogP contribution in [0.4, 0.5) is 0 Å². The lowest BCUT2D eigenvalue weighted by Gasteiger charge is -2.11. The second-order valence-corrected chi connectivity index (χ2v) is 10.0. The van der Waals surface area contributed by atoms with Crippen molar-refractivity contribution in [3.8, 4) is 0 Å². The summed E-state index contributed by atoms with van der Waals surface area (Å²) in [6.45, 7) is 5.82. The van der Waals surface area contributed by atoms with Crippen LogP contribution in [0, 0.1) is 6.92 Å². The van der Waals surface area contributed by atoms with E-state index in [1.165, 1.54) is 11.8 Å². The molecule has 2 rings (SSSR count). The van der Waals surface area contributed by atoms with Gasteiger partial charge in [0, 0.05) is 22.0 Å². The van der Waals surface area contributed by atoms with Crippen molar-refractivity contribution in [3.63, 3.8) is 0 Å². The Balaban J connectivity index is 1.92. The van der Waals surface area contributed by atoms with Crippen molar-refractivity contribution in [2.45, 2.75) is 43.1 Å². The van der Waals surface area contributed by atoms with Crippen LogP contribution in [-0.2, 0) is 21.4 Å². The van der Waals surface area contributed by atoms with Crippen molar-refractivity contribution in [3.05, 3.63) is 58.1 Å². The summed E-state index contributed by atoms with van der Waals surface area (Å²) in [7, 11) is -3.55. The molecule has 0 saturated heterocycles. The maximum Gasteiger partial charge on any atom is 0.240 e. The molecule has 0 aliphatic rings. The Morgan fingerprint density at radius 1 is 1.19 bits per heavy atom. The van der Waals surface area contributed by atoms with Crippen LogP contribution in [0.3, 0.4) is 0 Å². The molecule has 0 aliphatic heterocycles. The molecule has 0 fully saturated rings. The van der Waals surface area contributed by atoms with Gasteiger partial charge >= 0.3 is 0 Å². The van der Waals surface area contributed by atoms with E-state index in [2.05, 4.69) is 26.0 Å². The van der Waals surface area contributed by atoms with Gasteiger partial charge in [0.2, 0.25) is 15.9 Å². The molecule has 0 unspecified atom stereocenters. The molecule has 0 spiro atoms. The minimum Gasteiger partial charge on any atom is -0.351 e. The standard InChI is InChI=1S/C19H23BrN2O3S2/c1-13(2)22-27(24,25)17-6-4-5-15(10-17)11-21-19(23)12-26-18-8-7-16(20)9-14(18)3/h4-10,13,22H,11-12H2,1-3H3,(H,21,23). The van der Waals surface area contributed by atoms with E-state index >= 15 is 0 Å². The van der Waals surface area contributed by atoms with E-state index in [4.69, 9.17) is 0 Å². The zero-order valence-corrected chi connectivity index (χ0v) is 18.7. The van der Waals surface area contributed by atoms with Crippen LogP contribution >= 0.6 is 27.7 Å². The second kappa shape index (κ2) is 9.73. The first-order chi connectivity index (χ1) is 12.7. The molecule has 2 N–H and O–H groups in total. The van der Waals surface area contributed by atoms with Crippen LogP contribution in [0.25, 0.3) is 0 Å². The number of sulfonamides is 1. The molecular formula is C19H23BrN2O3S2. The third-order valence-corrected chi connectivity index (χ3v) is 6.91. The largest absolute Gasteiger partial charge is 0.351 e. The third kappa shape index (κ3) is 6.95. The van der Waals surface area contributed by atoms with Gasteiger partial charge in [0.05, 0.1) is 10.6 Å². The lowest BCUT2D eigenvalue weighted by molar-refractivity contribution is -0.118. The molecule has 146 valence electrons. The van der Waals surface area contributed by atoms with Crippen molar-refractivity contribution in [1.82, 2.24) is 10.0 Å². The number of rotatable bonds is 8. The lowest BCUT2D eigenvalue weighted by atomic mass is 10.2. The number of carbonyl (C=O) groups is 1. The first-order valence-electron chi connectivity index (χ1n) is 8.44. The molecule has 0 heterocycles. The number of benzene rings is 2. The zero-order chi connectivity index (χ0) is 20.0. The minimum absolute atomic E-state index is 0.101. The summed E-state index contributed by atoms with van der Waals surface area (Å²) >= 11 is 4.90. The number of halogens is 1. The summed E-state index contributed by atoms with van der Waals surface area (Å²) in [5.74, 6) is 0.200. The monoisotopic (exact) mass is 470 g/mol. The van der Waals surface area contributed by atoms with Gasteiger partial charge in [0.1, 0.15) is 0 Å². The third-order valence-electron chi connectivity index (χ3n) is 3.59. The first-order valence-corrected chi connectivity index (χ1v) is 11.7. The highest BCUT2D eigenvalue weighted by atomic mass is 79.9. The molecular weight excluding hydrogens is 448 g/mol. The van der Waals surface area contributed by atoms with Gasteiger partial charge in [0.15, 0.2) is 0 Å². The van der Waals surface area contributed by atoms with Gasteiger partial charge in [-0.3, -0.25) is 4.79 Å². The van der Waals surface area contributed by atoms with Gasteiger partial charge in [-0.1, -0.05) is 28.1 Å². The highest BCUT2D eigenvalue weighted by molar-refractivity contribution is 9.10. The topological polar surface area (TPSA) is 75.3 Å². The van der Waals surface area contributed by atoms with E-state index in [1.54, 1.807) is 38.1 Å². The number of hydrogen-bond acceptors (Lipinski definition) is 4. The molecule has 0 saturated carbocycles. The van der Waals surface area contributed by atoms with Crippen molar-refractivity contribution in [1.29, 1.82) is 0 Å². The predicted molar refractivity (Wildman–Crippen MR) is 113 cm³/mol. The van der Waals surface area contributed by atoms with Crippen LogP contribution in [0.15, 0.2) is 56.7 Å². The van der Waals surface area contributed by atoms with Crippen LogP contribution < -0.4 is 10.0 Å². The van der Waals surface area contributed by atoms with E-state index in [1.807, 2.05) is 25.1 Å². The summed E-state index contributed by atoms with van der Waals surface area (Å²) in [6, 6.07) is 12.4. The predicted octanol–water partition coefficient (Wildman–Crippen LogP) is 3.85. The number of hydrogen-bond donors (Lipinski definition) is 2. The quantitative estimate of drug-likeness (QED) is 0.574. The lowest BCUT2D eigenvalue weighted by Crippen LogP contribution is -2.30. The fourth-order valence-electron chi connectivity index (χ4n) is 2.37. The van der Waals surface area contributed by atoms with Gasteiger partial charge in [-0.05, 0) is 62.2 Å². The van der Waals surface area contributed by atoms with Crippen LogP contribution in [0.1, 0.15) is 25.0 Å². The zero-order valence-electron chi connectivity index (χ0n) is 15.5. The molecule has 27 heavy (non-hydrogen) atoms. The van der Waals surface area contributed by atoms with Crippen LogP contribution in [0.5, 0.6) is 0 Å². The van der Waals surface area contributed by atoms with E-state index in [9.17, 15) is 13.2 Å². The first kappa shape index (κ1) is 21.9. The van der Waals surface area contributed by atoms with Gasteiger partial charge in [-0.2, -0.15) is 0 Å². The molecule has 0 aliphatic carbocycles. The molecule has 0 radical (unpaired) electrons. The van der Waals surface area contributed by atoms with Crippen molar-refractivity contribution < 1.29 is 13.2 Å². The summed E-state index contributed by atoms with van der Waals surface area (Å²) < 4.78 is 28.0. The fraction of sp³-hybridized carbons (Fsp3) is 0.316. The summed E-state index contributed by atoms with van der Waals surface area (Å²) in [4.78, 5) is 13.4. The van der Waals surface area contributed by atoms with Gasteiger partial charge < -0.3 is 5.32 Å². The molecule has 2 aromatic rings. The van der Waals surface area contributed by atoms with E-state index in [0.717, 1.165) is 20.5 Å². The van der Waals surface area contributed by atoms with Crippen LogP contribution in [-0.4, -0.2) is 26.1 Å². The Labute approximate surface area is 173 Å². The summed E-state index contributed by atoms with van der Waals surface area (Å²) in [5, 5.41) is 2.84. The fourth-order valence-corrected chi connectivity index (χ4v) is 5.01. The molecule has 1 amide bonds. The SMILES string of the molecule is Cc1cc(Br)ccc1SCC(=O)NCc1cccc(S(=O)(=O)NC(C)C)c1. The number of carbonyl (C=O) groups excluding carboxylic acids is 1. The molecule has 2 aromatic carbocycles. The Bertz CT molecular complexity index is 915. The molecule has 5 nitrogen and oxygen atoms in total. The van der Waals surface area contributed by atoms with Gasteiger partial charge in [-0.25, -0.2) is 13.1 Å².